The predicted molar refractivity (Wildman–Crippen MR) is 74.4 cm³/mol. The highest BCUT2D eigenvalue weighted by Crippen LogP contribution is 2.16. The monoisotopic (exact) mass is 269 g/mol. The standard InChI is InChI=1S/C14H20ClNO2/c1-10-6-5-7-11(2)13(10)14(17)16(3)8-12(15)9-18-4/h5-7,12H,8-9H2,1-4H3. The number of carbonyl (C=O) groups is 1. The number of aryl methyl sites for hydroxylation is 2. The molecule has 0 saturated heterocycles. The number of hydrogen-bond acceptors (Lipinski definition) is 2. The first kappa shape index (κ1) is 15.0. The summed E-state index contributed by atoms with van der Waals surface area (Å²) in [5.41, 5.74) is 2.75. The van der Waals surface area contributed by atoms with E-state index in [9.17, 15) is 4.79 Å². The third-order valence-electron chi connectivity index (χ3n) is 2.86. The first-order valence-corrected chi connectivity index (χ1v) is 6.35. The smallest absolute Gasteiger partial charge is 0.254 e. The van der Waals surface area contributed by atoms with E-state index in [4.69, 9.17) is 16.3 Å². The maximum Gasteiger partial charge on any atom is 0.254 e. The van der Waals surface area contributed by atoms with Crippen LogP contribution in [0.1, 0.15) is 21.5 Å². The van der Waals surface area contributed by atoms with Crippen molar-refractivity contribution in [1.82, 2.24) is 4.90 Å². The molecule has 0 radical (unpaired) electrons. The van der Waals surface area contributed by atoms with E-state index in [0.29, 0.717) is 13.2 Å². The van der Waals surface area contributed by atoms with Crippen molar-refractivity contribution in [3.05, 3.63) is 34.9 Å². The topological polar surface area (TPSA) is 29.5 Å². The normalized spacial score (nSPS) is 12.3. The number of nitrogens with zero attached hydrogens (tertiary/aromatic N) is 1. The summed E-state index contributed by atoms with van der Waals surface area (Å²) in [6, 6.07) is 5.85. The lowest BCUT2D eigenvalue weighted by molar-refractivity contribution is 0.0780. The molecule has 1 rings (SSSR count). The van der Waals surface area contributed by atoms with Crippen LogP contribution in [-0.2, 0) is 4.74 Å². The van der Waals surface area contributed by atoms with Crippen molar-refractivity contribution in [2.24, 2.45) is 0 Å². The number of amides is 1. The van der Waals surface area contributed by atoms with Crippen LogP contribution in [0.2, 0.25) is 0 Å². The molecule has 18 heavy (non-hydrogen) atoms. The molecule has 1 unspecified atom stereocenters. The maximum absolute atomic E-state index is 12.4. The van der Waals surface area contributed by atoms with Crippen LogP contribution in [0.4, 0.5) is 0 Å². The van der Waals surface area contributed by atoms with Crippen LogP contribution in [0.5, 0.6) is 0 Å². The predicted octanol–water partition coefficient (Wildman–Crippen LogP) is 2.63. The van der Waals surface area contributed by atoms with Crippen LogP contribution < -0.4 is 0 Å². The first-order chi connectivity index (χ1) is 8.47. The first-order valence-electron chi connectivity index (χ1n) is 5.92. The molecule has 1 atom stereocenters. The number of benzene rings is 1. The second kappa shape index (κ2) is 6.76. The number of halogens is 1. The maximum atomic E-state index is 12.4. The van der Waals surface area contributed by atoms with E-state index < -0.39 is 0 Å². The lowest BCUT2D eigenvalue weighted by Crippen LogP contribution is -2.34. The summed E-state index contributed by atoms with van der Waals surface area (Å²) in [6.45, 7) is 4.80. The second-order valence-electron chi connectivity index (χ2n) is 4.51. The molecule has 3 nitrogen and oxygen atoms in total. The SMILES string of the molecule is COCC(Cl)CN(C)C(=O)c1c(C)cccc1C. The Bertz CT molecular complexity index is 400. The number of ether oxygens (including phenoxy) is 1. The Morgan fingerprint density at radius 1 is 1.39 bits per heavy atom. The summed E-state index contributed by atoms with van der Waals surface area (Å²) in [4.78, 5) is 14.0. The summed E-state index contributed by atoms with van der Waals surface area (Å²) >= 11 is 6.07. The van der Waals surface area contributed by atoms with E-state index in [1.807, 2.05) is 32.0 Å². The van der Waals surface area contributed by atoms with E-state index >= 15 is 0 Å². The Labute approximate surface area is 114 Å². The molecule has 0 aliphatic carbocycles. The number of carbonyl (C=O) groups excluding carboxylic acids is 1. The molecule has 0 N–H and O–H groups in total. The van der Waals surface area contributed by atoms with Crippen molar-refractivity contribution in [3.8, 4) is 0 Å². The molecule has 1 amide bonds. The van der Waals surface area contributed by atoms with Crippen LogP contribution in [0, 0.1) is 13.8 Å². The highest BCUT2D eigenvalue weighted by Gasteiger charge is 2.18. The zero-order valence-electron chi connectivity index (χ0n) is 11.4. The minimum atomic E-state index is -0.187. The van der Waals surface area contributed by atoms with Gasteiger partial charge >= 0.3 is 0 Å². The van der Waals surface area contributed by atoms with Crippen LogP contribution in [0.15, 0.2) is 18.2 Å². The largest absolute Gasteiger partial charge is 0.383 e. The van der Waals surface area contributed by atoms with Crippen molar-refractivity contribution in [2.75, 3.05) is 27.3 Å². The summed E-state index contributed by atoms with van der Waals surface area (Å²) in [7, 11) is 3.36. The quantitative estimate of drug-likeness (QED) is 0.769. The van der Waals surface area contributed by atoms with Gasteiger partial charge in [-0.25, -0.2) is 0 Å². The van der Waals surface area contributed by atoms with Gasteiger partial charge in [0.1, 0.15) is 0 Å². The van der Waals surface area contributed by atoms with E-state index in [-0.39, 0.29) is 11.3 Å². The lowest BCUT2D eigenvalue weighted by atomic mass is 10.0. The fourth-order valence-electron chi connectivity index (χ4n) is 1.96. The Hall–Kier alpha value is -1.06. The number of rotatable bonds is 5. The molecule has 0 bridgehead atoms. The molecular formula is C14H20ClNO2. The number of alkyl halides is 1. The molecule has 0 aliphatic rings. The highest BCUT2D eigenvalue weighted by atomic mass is 35.5. The van der Waals surface area contributed by atoms with E-state index in [1.54, 1.807) is 19.1 Å². The minimum Gasteiger partial charge on any atom is -0.383 e. The average molecular weight is 270 g/mol. The van der Waals surface area contributed by atoms with Crippen molar-refractivity contribution >= 4 is 17.5 Å². The van der Waals surface area contributed by atoms with Crippen LogP contribution in [0.3, 0.4) is 0 Å². The van der Waals surface area contributed by atoms with Gasteiger partial charge in [-0.05, 0) is 25.0 Å². The van der Waals surface area contributed by atoms with Gasteiger partial charge < -0.3 is 9.64 Å². The molecule has 0 heterocycles. The zero-order valence-corrected chi connectivity index (χ0v) is 12.1. The van der Waals surface area contributed by atoms with Crippen LogP contribution in [0.25, 0.3) is 0 Å². The highest BCUT2D eigenvalue weighted by molar-refractivity contribution is 6.21. The Morgan fingerprint density at radius 2 is 1.94 bits per heavy atom. The van der Waals surface area contributed by atoms with Gasteiger partial charge in [0, 0.05) is 26.3 Å². The van der Waals surface area contributed by atoms with Crippen molar-refractivity contribution in [3.63, 3.8) is 0 Å². The van der Waals surface area contributed by atoms with Gasteiger partial charge in [0.25, 0.3) is 5.91 Å². The lowest BCUT2D eigenvalue weighted by Gasteiger charge is -2.22. The minimum absolute atomic E-state index is 0.00681. The third kappa shape index (κ3) is 3.72. The molecule has 0 saturated carbocycles. The fourth-order valence-corrected chi connectivity index (χ4v) is 2.29. The molecule has 1 aromatic carbocycles. The van der Waals surface area contributed by atoms with Crippen molar-refractivity contribution < 1.29 is 9.53 Å². The number of methoxy groups -OCH3 is 1. The van der Waals surface area contributed by atoms with Crippen LogP contribution in [-0.4, -0.2) is 43.5 Å². The molecule has 0 spiro atoms. The van der Waals surface area contributed by atoms with Gasteiger partial charge in [0.15, 0.2) is 0 Å². The fraction of sp³-hybridized carbons (Fsp3) is 0.500. The van der Waals surface area contributed by atoms with Crippen molar-refractivity contribution in [1.29, 1.82) is 0 Å². The molecule has 1 aromatic rings. The molecule has 100 valence electrons. The molecule has 4 heteroatoms. The second-order valence-corrected chi connectivity index (χ2v) is 5.12. The molecule has 0 fully saturated rings. The molecule has 0 aliphatic heterocycles. The summed E-state index contributed by atoms with van der Waals surface area (Å²) < 4.78 is 4.97. The molecule has 0 aromatic heterocycles. The van der Waals surface area contributed by atoms with Gasteiger partial charge in [0.2, 0.25) is 0 Å². The van der Waals surface area contributed by atoms with Gasteiger partial charge in [-0.15, -0.1) is 11.6 Å². The van der Waals surface area contributed by atoms with Gasteiger partial charge in [0.05, 0.1) is 12.0 Å². The van der Waals surface area contributed by atoms with Crippen LogP contribution >= 0.6 is 11.6 Å². The molecular weight excluding hydrogens is 250 g/mol. The average Bonchev–Trinajstić information content (AvgIpc) is 2.28. The van der Waals surface area contributed by atoms with E-state index in [2.05, 4.69) is 0 Å². The van der Waals surface area contributed by atoms with Gasteiger partial charge in [-0.1, -0.05) is 18.2 Å². The van der Waals surface area contributed by atoms with Gasteiger partial charge in [-0.2, -0.15) is 0 Å². The number of hydrogen-bond donors (Lipinski definition) is 0. The Kier molecular flexibility index (Phi) is 5.63. The summed E-state index contributed by atoms with van der Waals surface area (Å²) in [5.74, 6) is 0.00681. The third-order valence-corrected chi connectivity index (χ3v) is 3.13. The Morgan fingerprint density at radius 3 is 2.44 bits per heavy atom. The van der Waals surface area contributed by atoms with Crippen molar-refractivity contribution in [2.45, 2.75) is 19.2 Å². The summed E-state index contributed by atoms with van der Waals surface area (Å²) in [5, 5.41) is -0.187. The van der Waals surface area contributed by atoms with E-state index in [0.717, 1.165) is 16.7 Å². The Balaban J connectivity index is 2.81. The van der Waals surface area contributed by atoms with E-state index in [1.165, 1.54) is 0 Å². The zero-order chi connectivity index (χ0) is 13.7. The summed E-state index contributed by atoms with van der Waals surface area (Å²) in [6.07, 6.45) is 0. The van der Waals surface area contributed by atoms with Gasteiger partial charge in [-0.3, -0.25) is 4.79 Å².